The minimum atomic E-state index is -3.97. The summed E-state index contributed by atoms with van der Waals surface area (Å²) in [5.74, 6) is -0.371. The van der Waals surface area contributed by atoms with Crippen LogP contribution in [0.1, 0.15) is 90.5 Å². The molecule has 260 valence electrons. The molecule has 2 aliphatic rings. The summed E-state index contributed by atoms with van der Waals surface area (Å²) in [6, 6.07) is 4.39. The van der Waals surface area contributed by atoms with Crippen LogP contribution in [0.5, 0.6) is 0 Å². The first-order valence-electron chi connectivity index (χ1n) is 16.4. The first-order chi connectivity index (χ1) is 21.8. The zero-order chi connectivity index (χ0) is 34.1. The average Bonchev–Trinajstić information content (AvgIpc) is 2.99. The smallest absolute Gasteiger partial charge is 0.305 e. The number of esters is 1. The first-order valence-corrected chi connectivity index (χ1v) is 17.9. The van der Waals surface area contributed by atoms with Crippen molar-refractivity contribution in [1.29, 1.82) is 5.41 Å². The van der Waals surface area contributed by atoms with Gasteiger partial charge in [-0.1, -0.05) is 44.7 Å². The number of nitrogens with zero attached hydrogens (tertiary/aromatic N) is 1. The summed E-state index contributed by atoms with van der Waals surface area (Å²) in [4.78, 5) is 36.1. The number of hydrogen-bond acceptors (Lipinski definition) is 8. The quantitative estimate of drug-likeness (QED) is 0.0656. The van der Waals surface area contributed by atoms with E-state index in [1.165, 1.54) is 0 Å². The third kappa shape index (κ3) is 13.9. The van der Waals surface area contributed by atoms with Gasteiger partial charge in [0, 0.05) is 39.5 Å². The highest BCUT2D eigenvalue weighted by Crippen LogP contribution is 2.31. The van der Waals surface area contributed by atoms with Gasteiger partial charge in [0.05, 0.1) is 12.3 Å². The number of ether oxygens (including phenoxy) is 1. The van der Waals surface area contributed by atoms with Crippen molar-refractivity contribution in [3.05, 3.63) is 23.8 Å². The molecule has 13 nitrogen and oxygen atoms in total. The summed E-state index contributed by atoms with van der Waals surface area (Å²) in [7, 11) is -3.97. The van der Waals surface area contributed by atoms with Gasteiger partial charge in [-0.15, -0.1) is 0 Å². The van der Waals surface area contributed by atoms with E-state index in [1.54, 1.807) is 17.0 Å². The molecule has 0 spiro atoms. The standard InChI is InChI=1S/C30H50N6O5S.C2H4O2/c1-3-41-27(37)14-7-5-4-6-10-23-15-18-36(19-16-23)29(38)25(12-9-17-33-30(31)32)35-42(39,40)26-13-8-11-24-20-22(2)21-34-28(24)26;1-2(3)4/h8,11,13,22-23,25,34-35H,3-7,9-10,12,14-21H2,1-2H3,(H4,31,32,33);1H3,(H,3,4)/t22-,25?;/m0./s1. The molecule has 3 rings (SSSR count). The summed E-state index contributed by atoms with van der Waals surface area (Å²) in [5.41, 5.74) is 6.98. The second kappa shape index (κ2) is 20.0. The summed E-state index contributed by atoms with van der Waals surface area (Å²) >= 11 is 0. The van der Waals surface area contributed by atoms with Gasteiger partial charge in [-0.05, 0) is 68.9 Å². The molecule has 1 aromatic rings. The predicted molar refractivity (Wildman–Crippen MR) is 178 cm³/mol. The maximum Gasteiger partial charge on any atom is 0.305 e. The third-order valence-electron chi connectivity index (χ3n) is 8.15. The van der Waals surface area contributed by atoms with Crippen LogP contribution in [0.15, 0.2) is 23.1 Å². The molecule has 0 aliphatic carbocycles. The monoisotopic (exact) mass is 666 g/mol. The van der Waals surface area contributed by atoms with Gasteiger partial charge in [0.1, 0.15) is 10.9 Å². The number of fused-ring (bicyclic) bond motifs is 1. The third-order valence-corrected chi connectivity index (χ3v) is 9.67. The second-order valence-corrected chi connectivity index (χ2v) is 13.9. The number of likely N-dealkylation sites (tertiary alicyclic amines) is 1. The number of hydrogen-bond donors (Lipinski definition) is 6. The van der Waals surface area contributed by atoms with E-state index in [-0.39, 0.29) is 22.7 Å². The van der Waals surface area contributed by atoms with Crippen LogP contribution in [0.4, 0.5) is 5.69 Å². The SMILES string of the molecule is CC(=O)O.CCOC(=O)CCCCCCC1CCN(C(=O)C(CCCNC(=N)N)NS(=O)(=O)c2cccc3c2NC[C@@H](C)C3)CC1. The minimum Gasteiger partial charge on any atom is -0.481 e. The molecule has 0 aromatic heterocycles. The van der Waals surface area contributed by atoms with E-state index in [2.05, 4.69) is 22.3 Å². The number of nitrogens with two attached hydrogens (primary N) is 1. The summed E-state index contributed by atoms with van der Waals surface area (Å²) in [6.07, 6.45) is 8.98. The number of benzene rings is 1. The van der Waals surface area contributed by atoms with Gasteiger partial charge in [-0.2, -0.15) is 4.72 Å². The number of carboxylic acid groups (broad SMARTS) is 1. The van der Waals surface area contributed by atoms with Crippen molar-refractivity contribution >= 4 is 39.5 Å². The van der Waals surface area contributed by atoms with Crippen LogP contribution in [0.25, 0.3) is 0 Å². The Kier molecular flexibility index (Phi) is 16.8. The molecule has 14 heteroatoms. The molecule has 1 amide bonds. The Morgan fingerprint density at radius 2 is 1.83 bits per heavy atom. The highest BCUT2D eigenvalue weighted by molar-refractivity contribution is 7.89. The zero-order valence-electron chi connectivity index (χ0n) is 27.6. The number of piperidine rings is 1. The zero-order valence-corrected chi connectivity index (χ0v) is 28.4. The number of sulfonamides is 1. The van der Waals surface area contributed by atoms with E-state index < -0.39 is 22.0 Å². The lowest BCUT2D eigenvalue weighted by atomic mass is 9.90. The Bertz CT molecular complexity index is 1250. The van der Waals surface area contributed by atoms with Gasteiger partial charge in [-0.25, -0.2) is 8.42 Å². The lowest BCUT2D eigenvalue weighted by Crippen LogP contribution is -2.51. The molecular formula is C32H54N6O7S. The highest BCUT2D eigenvalue weighted by atomic mass is 32.2. The molecule has 7 N–H and O–H groups in total. The average molecular weight is 667 g/mol. The normalized spacial score (nSPS) is 17.0. The number of nitrogens with one attached hydrogen (secondary N) is 4. The summed E-state index contributed by atoms with van der Waals surface area (Å²) in [6.45, 7) is 7.74. The molecule has 1 aromatic carbocycles. The van der Waals surface area contributed by atoms with Crippen molar-refractivity contribution < 1.29 is 32.6 Å². The Labute approximate surface area is 274 Å². The number of aliphatic carboxylic acids is 1. The minimum absolute atomic E-state index is 0.125. The van der Waals surface area contributed by atoms with Gasteiger partial charge in [0.2, 0.25) is 15.9 Å². The van der Waals surface area contributed by atoms with E-state index in [9.17, 15) is 18.0 Å². The fraction of sp³-hybridized carbons (Fsp3) is 0.688. The van der Waals surface area contributed by atoms with E-state index in [1.807, 2.05) is 13.0 Å². The molecule has 0 bridgehead atoms. The summed E-state index contributed by atoms with van der Waals surface area (Å²) < 4.78 is 34.9. The van der Waals surface area contributed by atoms with E-state index in [4.69, 9.17) is 25.8 Å². The Morgan fingerprint density at radius 1 is 1.15 bits per heavy atom. The van der Waals surface area contributed by atoms with Gasteiger partial charge >= 0.3 is 5.97 Å². The fourth-order valence-corrected chi connectivity index (χ4v) is 7.31. The number of guanidine groups is 1. The van der Waals surface area contributed by atoms with Crippen LogP contribution in [-0.2, 0) is 35.6 Å². The van der Waals surface area contributed by atoms with Crippen molar-refractivity contribution in [3.8, 4) is 0 Å². The van der Waals surface area contributed by atoms with Crippen molar-refractivity contribution in [2.75, 3.05) is 38.1 Å². The van der Waals surface area contributed by atoms with Crippen molar-refractivity contribution in [1.82, 2.24) is 14.9 Å². The molecule has 1 saturated heterocycles. The van der Waals surface area contributed by atoms with E-state index in [0.717, 1.165) is 63.9 Å². The van der Waals surface area contributed by atoms with Gasteiger partial charge in [0.15, 0.2) is 5.96 Å². The molecule has 0 saturated carbocycles. The Morgan fingerprint density at radius 3 is 2.48 bits per heavy atom. The van der Waals surface area contributed by atoms with Crippen molar-refractivity contribution in [2.24, 2.45) is 17.6 Å². The first kappa shape index (κ1) is 38.8. The predicted octanol–water partition coefficient (Wildman–Crippen LogP) is 3.43. The van der Waals surface area contributed by atoms with Crippen LogP contribution in [0, 0.1) is 17.2 Å². The molecule has 1 unspecified atom stereocenters. The number of rotatable bonds is 16. The largest absolute Gasteiger partial charge is 0.481 e. The van der Waals surface area contributed by atoms with Crippen molar-refractivity contribution in [2.45, 2.75) is 102 Å². The number of carbonyl (C=O) groups excluding carboxylic acids is 2. The van der Waals surface area contributed by atoms with Crippen LogP contribution < -0.4 is 21.1 Å². The lowest BCUT2D eigenvalue weighted by molar-refractivity contribution is -0.143. The Hall–Kier alpha value is -3.39. The van der Waals surface area contributed by atoms with Gasteiger partial charge < -0.3 is 31.1 Å². The number of para-hydroxylation sites is 1. The van der Waals surface area contributed by atoms with Crippen molar-refractivity contribution in [3.63, 3.8) is 0 Å². The lowest BCUT2D eigenvalue weighted by Gasteiger charge is -2.34. The van der Waals surface area contributed by atoms with E-state index >= 15 is 0 Å². The van der Waals surface area contributed by atoms with E-state index in [0.29, 0.717) is 69.6 Å². The number of unbranched alkanes of at least 4 members (excludes halogenated alkanes) is 3. The van der Waals surface area contributed by atoms with Crippen LogP contribution in [0.2, 0.25) is 0 Å². The molecule has 46 heavy (non-hydrogen) atoms. The van der Waals surface area contributed by atoms with Crippen LogP contribution in [0.3, 0.4) is 0 Å². The molecule has 1 fully saturated rings. The molecular weight excluding hydrogens is 612 g/mol. The number of anilines is 1. The molecule has 2 aliphatic heterocycles. The van der Waals surface area contributed by atoms with Crippen LogP contribution >= 0.6 is 0 Å². The van der Waals surface area contributed by atoms with Gasteiger partial charge in [0.25, 0.3) is 5.97 Å². The van der Waals surface area contributed by atoms with Crippen LogP contribution in [-0.4, -0.2) is 81.1 Å². The topological polar surface area (TPSA) is 204 Å². The highest BCUT2D eigenvalue weighted by Gasteiger charge is 2.33. The fourth-order valence-electron chi connectivity index (χ4n) is 5.86. The van der Waals surface area contributed by atoms with Gasteiger partial charge in [-0.3, -0.25) is 19.8 Å². The number of amides is 1. The maximum atomic E-state index is 13.7. The molecule has 2 atom stereocenters. The Balaban J connectivity index is 0.00000173. The summed E-state index contributed by atoms with van der Waals surface area (Å²) in [5, 5.41) is 20.8. The second-order valence-electron chi connectivity index (χ2n) is 12.2. The molecule has 0 radical (unpaired) electrons. The maximum absolute atomic E-state index is 13.7. The molecule has 2 heterocycles. The number of carboxylic acids is 1. The number of carbonyl (C=O) groups is 3.